The molecule has 0 aliphatic carbocycles. The molecule has 0 aliphatic rings. The van der Waals surface area contributed by atoms with E-state index < -0.39 is 0 Å². The van der Waals surface area contributed by atoms with Gasteiger partial charge in [0, 0.05) is 55.3 Å². The molecule has 13 aromatic rings. The Labute approximate surface area is 375 Å². The Kier molecular flexibility index (Phi) is 8.46. The van der Waals surface area contributed by atoms with Crippen molar-refractivity contribution in [1.82, 2.24) is 23.7 Å². The molecule has 13 rings (SSSR count). The predicted molar refractivity (Wildman–Crippen MR) is 269 cm³/mol. The second-order valence-corrected chi connectivity index (χ2v) is 16.6. The number of nitrogens with zero attached hydrogens (tertiary/aromatic N) is 5. The monoisotopic (exact) mass is 829 g/mol. The minimum Gasteiger partial charge on any atom is -0.309 e. The number of fused-ring (bicyclic) bond motifs is 7. The van der Waals surface area contributed by atoms with Crippen LogP contribution in [0, 0.1) is 0 Å². The average molecular weight is 830 g/mol. The van der Waals surface area contributed by atoms with Crippen LogP contribution in [0.3, 0.4) is 0 Å². The van der Waals surface area contributed by atoms with Crippen LogP contribution >= 0.6 is 0 Å². The number of imidazole rings is 1. The Bertz CT molecular complexity index is 3680. The van der Waals surface area contributed by atoms with E-state index in [1.807, 2.05) is 0 Å². The third-order valence-corrected chi connectivity index (χ3v) is 12.8. The fourth-order valence-corrected chi connectivity index (χ4v) is 9.90. The summed E-state index contributed by atoms with van der Waals surface area (Å²) in [7, 11) is 0. The first-order valence-electron chi connectivity index (χ1n) is 22.1. The Morgan fingerprint density at radius 1 is 0.246 bits per heavy atom. The second kappa shape index (κ2) is 14.9. The molecule has 5 heteroatoms. The molecule has 0 aliphatic heterocycles. The van der Waals surface area contributed by atoms with Crippen molar-refractivity contribution in [3.8, 4) is 62.1 Å². The summed E-state index contributed by atoms with van der Waals surface area (Å²) >= 11 is 0. The van der Waals surface area contributed by atoms with Crippen molar-refractivity contribution in [3.63, 3.8) is 0 Å². The molecule has 0 fully saturated rings. The molecular weight excluding hydrogens is 791 g/mol. The SMILES string of the molecule is c1ccc(-n2c(-c3cccc(-c4cc(-c5cccc(-n6c7ccccc7c7ccccc76)c5)nc(-c5cccc(-n6c7ccccc7c7ccccc76)c5)c4)c3)nc3ccccc32)cc1. The van der Waals surface area contributed by atoms with Crippen LogP contribution in [0.25, 0.3) is 117 Å². The van der Waals surface area contributed by atoms with Gasteiger partial charge in [-0.25, -0.2) is 9.97 Å². The van der Waals surface area contributed by atoms with Gasteiger partial charge in [-0.05, 0) is 102 Å². The molecule has 0 N–H and O–H groups in total. The molecule has 0 radical (unpaired) electrons. The van der Waals surface area contributed by atoms with Gasteiger partial charge in [0.2, 0.25) is 0 Å². The van der Waals surface area contributed by atoms with E-state index in [0.717, 1.165) is 73.1 Å². The first kappa shape index (κ1) is 36.8. The van der Waals surface area contributed by atoms with Crippen molar-refractivity contribution < 1.29 is 0 Å². The molecule has 0 unspecified atom stereocenters. The second-order valence-electron chi connectivity index (χ2n) is 16.6. The third-order valence-electron chi connectivity index (χ3n) is 12.8. The number of rotatable bonds is 7. The van der Waals surface area contributed by atoms with E-state index in [4.69, 9.17) is 9.97 Å². The van der Waals surface area contributed by atoms with Crippen LogP contribution in [-0.2, 0) is 0 Å². The first-order valence-corrected chi connectivity index (χ1v) is 22.1. The molecule has 0 saturated heterocycles. The normalized spacial score (nSPS) is 11.7. The zero-order valence-electron chi connectivity index (χ0n) is 35.3. The Morgan fingerprint density at radius 2 is 0.662 bits per heavy atom. The zero-order chi connectivity index (χ0) is 42.8. The number of hydrogen-bond donors (Lipinski definition) is 0. The first-order chi connectivity index (χ1) is 32.2. The number of hydrogen-bond acceptors (Lipinski definition) is 2. The maximum absolute atomic E-state index is 5.52. The molecule has 304 valence electrons. The number of benzene rings is 9. The fraction of sp³-hybridized carbons (Fsp3) is 0. The van der Waals surface area contributed by atoms with Crippen LogP contribution < -0.4 is 0 Å². The van der Waals surface area contributed by atoms with Gasteiger partial charge in [-0.15, -0.1) is 0 Å². The van der Waals surface area contributed by atoms with E-state index in [0.29, 0.717) is 0 Å². The number of aromatic nitrogens is 5. The highest BCUT2D eigenvalue weighted by Gasteiger charge is 2.18. The van der Waals surface area contributed by atoms with Gasteiger partial charge in [-0.3, -0.25) is 4.57 Å². The lowest BCUT2D eigenvalue weighted by molar-refractivity contribution is 1.10. The lowest BCUT2D eigenvalue weighted by Gasteiger charge is -2.15. The molecule has 4 aromatic heterocycles. The van der Waals surface area contributed by atoms with Crippen molar-refractivity contribution in [1.29, 1.82) is 0 Å². The lowest BCUT2D eigenvalue weighted by Crippen LogP contribution is -1.98. The molecule has 0 saturated carbocycles. The summed E-state index contributed by atoms with van der Waals surface area (Å²) in [6, 6.07) is 84.4. The topological polar surface area (TPSA) is 40.6 Å². The van der Waals surface area contributed by atoms with Gasteiger partial charge in [0.05, 0.1) is 44.5 Å². The summed E-state index contributed by atoms with van der Waals surface area (Å²) in [5.41, 5.74) is 17.0. The molecule has 9 aromatic carbocycles. The van der Waals surface area contributed by atoms with Crippen LogP contribution in [0.1, 0.15) is 0 Å². The van der Waals surface area contributed by atoms with Crippen LogP contribution in [0.2, 0.25) is 0 Å². The third kappa shape index (κ3) is 6.09. The summed E-state index contributed by atoms with van der Waals surface area (Å²) in [5, 5.41) is 4.94. The van der Waals surface area contributed by atoms with Crippen molar-refractivity contribution in [2.24, 2.45) is 0 Å². The number of para-hydroxylation sites is 7. The molecule has 4 heterocycles. The molecule has 0 atom stereocenters. The largest absolute Gasteiger partial charge is 0.309 e. The van der Waals surface area contributed by atoms with Crippen LogP contribution in [-0.4, -0.2) is 23.7 Å². The highest BCUT2D eigenvalue weighted by atomic mass is 15.1. The van der Waals surface area contributed by atoms with E-state index >= 15 is 0 Å². The standard InChI is InChI=1S/C60H39N5/c1-2-21-45(22-3-1)65-59-34-13-8-29-52(59)62-60(65)43-20-14-17-40(35-43)44-38-53(41-18-15-23-46(36-41)63-55-30-9-4-25-48(55)49-26-5-10-31-56(49)63)61-54(39-44)42-19-16-24-47(37-42)64-57-32-11-6-27-50(57)51-28-7-12-33-58(51)64/h1-39H. The van der Waals surface area contributed by atoms with Gasteiger partial charge < -0.3 is 9.13 Å². The number of pyridine rings is 1. The van der Waals surface area contributed by atoms with Crippen LogP contribution in [0.15, 0.2) is 237 Å². The molecule has 0 spiro atoms. The van der Waals surface area contributed by atoms with Gasteiger partial charge in [0.15, 0.2) is 0 Å². The maximum Gasteiger partial charge on any atom is 0.145 e. The average Bonchev–Trinajstić information content (AvgIpc) is 4.05. The smallest absolute Gasteiger partial charge is 0.145 e. The Balaban J connectivity index is 1.01. The summed E-state index contributed by atoms with van der Waals surface area (Å²) in [6.07, 6.45) is 0. The maximum atomic E-state index is 5.52. The fourth-order valence-electron chi connectivity index (χ4n) is 9.90. The molecular formula is C60H39N5. The van der Waals surface area contributed by atoms with E-state index in [-0.39, 0.29) is 0 Å². The quantitative estimate of drug-likeness (QED) is 0.161. The molecule has 0 amide bonds. The van der Waals surface area contributed by atoms with Gasteiger partial charge >= 0.3 is 0 Å². The minimum atomic E-state index is 0.893. The van der Waals surface area contributed by atoms with Crippen molar-refractivity contribution in [2.45, 2.75) is 0 Å². The van der Waals surface area contributed by atoms with E-state index in [1.165, 1.54) is 43.6 Å². The molecule has 65 heavy (non-hydrogen) atoms. The van der Waals surface area contributed by atoms with E-state index in [2.05, 4.69) is 250 Å². The van der Waals surface area contributed by atoms with Gasteiger partial charge in [0.1, 0.15) is 5.82 Å². The lowest BCUT2D eigenvalue weighted by atomic mass is 9.98. The van der Waals surface area contributed by atoms with Crippen LogP contribution in [0.4, 0.5) is 0 Å². The summed E-state index contributed by atoms with van der Waals surface area (Å²) in [5.74, 6) is 0.895. The van der Waals surface area contributed by atoms with Gasteiger partial charge in [-0.1, -0.05) is 146 Å². The molecule has 0 bridgehead atoms. The predicted octanol–water partition coefficient (Wildman–Crippen LogP) is 15.3. The van der Waals surface area contributed by atoms with Gasteiger partial charge in [-0.2, -0.15) is 0 Å². The zero-order valence-corrected chi connectivity index (χ0v) is 35.3. The minimum absolute atomic E-state index is 0.893. The molecule has 5 nitrogen and oxygen atoms in total. The summed E-state index contributed by atoms with van der Waals surface area (Å²) < 4.78 is 7.00. The summed E-state index contributed by atoms with van der Waals surface area (Å²) in [4.78, 5) is 10.7. The van der Waals surface area contributed by atoms with Crippen LogP contribution in [0.5, 0.6) is 0 Å². The van der Waals surface area contributed by atoms with Crippen molar-refractivity contribution in [3.05, 3.63) is 237 Å². The Morgan fingerprint density at radius 3 is 1.20 bits per heavy atom. The van der Waals surface area contributed by atoms with Crippen molar-refractivity contribution in [2.75, 3.05) is 0 Å². The van der Waals surface area contributed by atoms with Gasteiger partial charge in [0.25, 0.3) is 0 Å². The highest BCUT2D eigenvalue weighted by molar-refractivity contribution is 6.10. The summed E-state index contributed by atoms with van der Waals surface area (Å²) in [6.45, 7) is 0. The van der Waals surface area contributed by atoms with Crippen molar-refractivity contribution >= 4 is 54.6 Å². The van der Waals surface area contributed by atoms with E-state index in [9.17, 15) is 0 Å². The van der Waals surface area contributed by atoms with E-state index in [1.54, 1.807) is 0 Å². The Hall–Kier alpha value is -8.80. The highest BCUT2D eigenvalue weighted by Crippen LogP contribution is 2.38.